The highest BCUT2D eigenvalue weighted by Gasteiger charge is 2.12. The molecule has 0 saturated carbocycles. The number of aryl methyl sites for hydroxylation is 1. The van der Waals surface area contributed by atoms with Crippen molar-refractivity contribution >= 4 is 23.1 Å². The Hall–Kier alpha value is -0.420. The van der Waals surface area contributed by atoms with Gasteiger partial charge in [-0.15, -0.1) is 0 Å². The van der Waals surface area contributed by atoms with E-state index in [2.05, 4.69) is 14.8 Å². The van der Waals surface area contributed by atoms with E-state index >= 15 is 0 Å². The normalized spacial score (nSPS) is 11.6. The Balaban J connectivity index is 3.43. The lowest BCUT2D eigenvalue weighted by molar-refractivity contribution is 0.602. The molecule has 0 unspecified atom stereocenters. The number of benzene rings is 1. The number of halogens is 2. The van der Waals surface area contributed by atoms with Crippen molar-refractivity contribution in [3.05, 3.63) is 29.6 Å². The lowest BCUT2D eigenvalue weighted by atomic mass is 10.2. The predicted molar refractivity (Wildman–Crippen MR) is 47.2 cm³/mol. The zero-order valence-electron chi connectivity index (χ0n) is 6.21. The molecule has 0 aliphatic carbocycles. The molecular formula is C7H6BrFO2S. The molecule has 0 bridgehead atoms. The van der Waals surface area contributed by atoms with E-state index in [1.165, 1.54) is 12.1 Å². The molecule has 5 heteroatoms. The summed E-state index contributed by atoms with van der Waals surface area (Å²) in [5.41, 5.74) is 0.522. The Kier molecular flexibility index (Phi) is 2.53. The van der Waals surface area contributed by atoms with Crippen molar-refractivity contribution in [3.63, 3.8) is 0 Å². The summed E-state index contributed by atoms with van der Waals surface area (Å²) in [7, 11) is -3.48. The molecule has 0 radical (unpaired) electrons. The zero-order chi connectivity index (χ0) is 9.35. The van der Waals surface area contributed by atoms with E-state index < -0.39 is 14.1 Å². The molecule has 0 saturated heterocycles. The lowest BCUT2D eigenvalue weighted by Crippen LogP contribution is -1.94. The Bertz CT molecular complexity index is 400. The van der Waals surface area contributed by atoms with Gasteiger partial charge in [0.2, 0.25) is 8.27 Å². The van der Waals surface area contributed by atoms with Crippen molar-refractivity contribution in [2.24, 2.45) is 0 Å². The minimum absolute atomic E-state index is 0.0255. The number of hydrogen-bond donors (Lipinski definition) is 0. The van der Waals surface area contributed by atoms with Gasteiger partial charge in [-0.25, -0.2) is 12.8 Å². The summed E-state index contributed by atoms with van der Waals surface area (Å²) in [5.74, 6) is -0.557. The second-order valence-corrected chi connectivity index (χ2v) is 6.22. The van der Waals surface area contributed by atoms with Gasteiger partial charge in [0.15, 0.2) is 0 Å². The van der Waals surface area contributed by atoms with Gasteiger partial charge in [0, 0.05) is 0 Å². The van der Waals surface area contributed by atoms with Crippen LogP contribution in [0.15, 0.2) is 23.1 Å². The zero-order valence-corrected chi connectivity index (χ0v) is 8.62. The first-order valence-corrected chi connectivity index (χ1v) is 6.44. The lowest BCUT2D eigenvalue weighted by Gasteiger charge is -2.00. The Labute approximate surface area is 77.5 Å². The molecule has 1 aromatic carbocycles. The molecule has 0 spiro atoms. The fourth-order valence-corrected chi connectivity index (χ4v) is 2.59. The molecule has 0 aliphatic rings. The second-order valence-electron chi connectivity index (χ2n) is 2.35. The van der Waals surface area contributed by atoms with Crippen LogP contribution in [0.4, 0.5) is 4.39 Å². The molecule has 1 aromatic rings. The summed E-state index contributed by atoms with van der Waals surface area (Å²) in [6.45, 7) is 1.60. The maximum Gasteiger partial charge on any atom is 0.237 e. The molecular weight excluding hydrogens is 247 g/mol. The van der Waals surface area contributed by atoms with Gasteiger partial charge in [-0.05, 0) is 24.6 Å². The van der Waals surface area contributed by atoms with Crippen LogP contribution in [0.3, 0.4) is 0 Å². The molecule has 0 N–H and O–H groups in total. The van der Waals surface area contributed by atoms with Gasteiger partial charge in [-0.3, -0.25) is 0 Å². The monoisotopic (exact) mass is 252 g/mol. The van der Waals surface area contributed by atoms with E-state index in [1.807, 2.05) is 0 Å². The Morgan fingerprint density at radius 2 is 2.00 bits per heavy atom. The van der Waals surface area contributed by atoms with Crippen molar-refractivity contribution < 1.29 is 12.8 Å². The molecule has 0 atom stereocenters. The van der Waals surface area contributed by atoms with Crippen molar-refractivity contribution in [2.45, 2.75) is 11.8 Å². The van der Waals surface area contributed by atoms with E-state index in [1.54, 1.807) is 6.92 Å². The third kappa shape index (κ3) is 2.04. The first-order valence-electron chi connectivity index (χ1n) is 3.12. The quantitative estimate of drug-likeness (QED) is 0.719. The second kappa shape index (κ2) is 3.14. The molecule has 1 rings (SSSR count). The molecule has 0 aromatic heterocycles. The van der Waals surface area contributed by atoms with E-state index in [0.717, 1.165) is 6.07 Å². The summed E-state index contributed by atoms with van der Waals surface area (Å²) in [6, 6.07) is 3.62. The molecule has 0 aliphatic heterocycles. The van der Waals surface area contributed by atoms with Crippen molar-refractivity contribution in [3.8, 4) is 0 Å². The van der Waals surface area contributed by atoms with E-state index in [-0.39, 0.29) is 4.90 Å². The first-order chi connectivity index (χ1) is 5.41. The van der Waals surface area contributed by atoms with Crippen molar-refractivity contribution in [1.29, 1.82) is 0 Å². The highest BCUT2D eigenvalue weighted by atomic mass is 79.9. The third-order valence-corrected chi connectivity index (χ3v) is 3.42. The van der Waals surface area contributed by atoms with Gasteiger partial charge in [0.25, 0.3) is 0 Å². The van der Waals surface area contributed by atoms with E-state index in [9.17, 15) is 12.8 Å². The van der Waals surface area contributed by atoms with Crippen LogP contribution in [0, 0.1) is 12.7 Å². The molecule has 0 fully saturated rings. The molecule has 0 amide bonds. The van der Waals surface area contributed by atoms with Crippen LogP contribution in [0.2, 0.25) is 0 Å². The number of rotatable bonds is 1. The summed E-state index contributed by atoms with van der Waals surface area (Å²) >= 11 is 2.48. The van der Waals surface area contributed by atoms with Gasteiger partial charge < -0.3 is 0 Å². The SMILES string of the molecule is Cc1ccc(F)cc1S(=O)(=O)Br. The minimum Gasteiger partial charge on any atom is -0.212 e. The van der Waals surface area contributed by atoms with Crippen LogP contribution in [0.25, 0.3) is 0 Å². The highest BCUT2D eigenvalue weighted by Crippen LogP contribution is 2.21. The van der Waals surface area contributed by atoms with Crippen LogP contribution in [-0.4, -0.2) is 8.42 Å². The fourth-order valence-electron chi connectivity index (χ4n) is 0.837. The number of hydrogen-bond acceptors (Lipinski definition) is 2. The minimum atomic E-state index is -3.48. The summed E-state index contributed by atoms with van der Waals surface area (Å²) in [5, 5.41) is 0. The molecule has 12 heavy (non-hydrogen) atoms. The van der Waals surface area contributed by atoms with E-state index in [4.69, 9.17) is 0 Å². The maximum atomic E-state index is 12.6. The third-order valence-electron chi connectivity index (χ3n) is 1.41. The molecule has 0 heterocycles. The topological polar surface area (TPSA) is 34.1 Å². The maximum absolute atomic E-state index is 12.6. The largest absolute Gasteiger partial charge is 0.237 e. The van der Waals surface area contributed by atoms with Crippen LogP contribution in [-0.2, 0) is 8.27 Å². The Morgan fingerprint density at radius 3 is 2.42 bits per heavy atom. The average molecular weight is 253 g/mol. The Morgan fingerprint density at radius 1 is 1.42 bits per heavy atom. The van der Waals surface area contributed by atoms with Crippen molar-refractivity contribution in [2.75, 3.05) is 0 Å². The van der Waals surface area contributed by atoms with Crippen LogP contribution in [0.1, 0.15) is 5.56 Å². The molecule has 66 valence electrons. The van der Waals surface area contributed by atoms with E-state index in [0.29, 0.717) is 5.56 Å². The average Bonchev–Trinajstić information content (AvgIpc) is 1.92. The summed E-state index contributed by atoms with van der Waals surface area (Å²) in [4.78, 5) is -0.0255. The van der Waals surface area contributed by atoms with Crippen LogP contribution >= 0.6 is 14.8 Å². The molecule has 2 nitrogen and oxygen atoms in total. The van der Waals surface area contributed by atoms with Gasteiger partial charge in [-0.1, -0.05) is 6.07 Å². The van der Waals surface area contributed by atoms with Crippen molar-refractivity contribution in [1.82, 2.24) is 0 Å². The van der Waals surface area contributed by atoms with Crippen LogP contribution < -0.4 is 0 Å². The summed E-state index contributed by atoms with van der Waals surface area (Å²) in [6.07, 6.45) is 0. The van der Waals surface area contributed by atoms with Crippen LogP contribution in [0.5, 0.6) is 0 Å². The smallest absolute Gasteiger partial charge is 0.212 e. The van der Waals surface area contributed by atoms with Gasteiger partial charge >= 0.3 is 0 Å². The fraction of sp³-hybridized carbons (Fsp3) is 0.143. The summed E-state index contributed by atoms with van der Waals surface area (Å²) < 4.78 is 34.5. The van der Waals surface area contributed by atoms with Gasteiger partial charge in [0.05, 0.1) is 19.7 Å². The first kappa shape index (κ1) is 9.67. The highest BCUT2D eigenvalue weighted by molar-refractivity contribution is 9.47. The standard InChI is InChI=1S/C7H6BrFO2S/c1-5-2-3-6(9)4-7(5)12(8,10)11/h2-4H,1H3. The predicted octanol–water partition coefficient (Wildman–Crippen LogP) is 2.22. The van der Waals surface area contributed by atoms with Gasteiger partial charge in [0.1, 0.15) is 5.82 Å². The van der Waals surface area contributed by atoms with Gasteiger partial charge in [-0.2, -0.15) is 0 Å².